The zero-order chi connectivity index (χ0) is 13.5. The molecule has 1 aromatic carbocycles. The molecule has 2 heteroatoms. The van der Waals surface area contributed by atoms with Crippen LogP contribution in [0.3, 0.4) is 0 Å². The van der Waals surface area contributed by atoms with Crippen LogP contribution in [0.25, 0.3) is 0 Å². The van der Waals surface area contributed by atoms with Crippen LogP contribution in [0.2, 0.25) is 0 Å². The van der Waals surface area contributed by atoms with Crippen LogP contribution in [0.1, 0.15) is 36.6 Å². The summed E-state index contributed by atoms with van der Waals surface area (Å²) in [6.07, 6.45) is 1.07. The second kappa shape index (κ2) is 7.00. The van der Waals surface area contributed by atoms with Gasteiger partial charge in [0.2, 0.25) is 0 Å². The molecule has 0 bridgehead atoms. The number of rotatable bonds is 3. The molecule has 0 saturated heterocycles. The number of hydrogen-bond donors (Lipinski definition) is 0. The SMILES string of the molecule is CC.Cc1nc(C)n(CCc2ccccc2)c1C. The van der Waals surface area contributed by atoms with Crippen LogP contribution in [0, 0.1) is 20.8 Å². The first-order chi connectivity index (χ1) is 8.68. The van der Waals surface area contributed by atoms with Gasteiger partial charge >= 0.3 is 0 Å². The first-order valence-corrected chi connectivity index (χ1v) is 6.72. The third-order valence-corrected chi connectivity index (χ3v) is 3.12. The largest absolute Gasteiger partial charge is 0.332 e. The molecule has 98 valence electrons. The lowest BCUT2D eigenvalue weighted by Crippen LogP contribution is -2.05. The average molecular weight is 244 g/mol. The molecule has 0 saturated carbocycles. The maximum Gasteiger partial charge on any atom is 0.106 e. The van der Waals surface area contributed by atoms with Crippen molar-refractivity contribution in [3.8, 4) is 0 Å². The van der Waals surface area contributed by atoms with E-state index in [-0.39, 0.29) is 0 Å². The summed E-state index contributed by atoms with van der Waals surface area (Å²) in [4.78, 5) is 4.49. The Morgan fingerprint density at radius 2 is 1.61 bits per heavy atom. The molecule has 2 aromatic rings. The van der Waals surface area contributed by atoms with Crippen molar-refractivity contribution in [1.29, 1.82) is 0 Å². The lowest BCUT2D eigenvalue weighted by atomic mass is 10.1. The molecule has 0 atom stereocenters. The van der Waals surface area contributed by atoms with Gasteiger partial charge in [-0.05, 0) is 32.8 Å². The van der Waals surface area contributed by atoms with Gasteiger partial charge in [0.05, 0.1) is 5.69 Å². The van der Waals surface area contributed by atoms with E-state index in [4.69, 9.17) is 0 Å². The molecular weight excluding hydrogens is 220 g/mol. The third-order valence-electron chi connectivity index (χ3n) is 3.12. The van der Waals surface area contributed by atoms with Crippen LogP contribution in [0.15, 0.2) is 30.3 Å². The molecule has 0 aliphatic heterocycles. The van der Waals surface area contributed by atoms with Crippen LogP contribution in [0.5, 0.6) is 0 Å². The van der Waals surface area contributed by atoms with Gasteiger partial charge in [0.25, 0.3) is 0 Å². The molecule has 1 heterocycles. The molecular formula is C16H24N2. The Balaban J connectivity index is 0.000000771. The first-order valence-electron chi connectivity index (χ1n) is 6.72. The Labute approximate surface area is 111 Å². The van der Waals surface area contributed by atoms with Crippen molar-refractivity contribution in [3.05, 3.63) is 53.1 Å². The van der Waals surface area contributed by atoms with E-state index in [1.807, 2.05) is 13.8 Å². The highest BCUT2D eigenvalue weighted by Gasteiger charge is 2.06. The number of aromatic nitrogens is 2. The lowest BCUT2D eigenvalue weighted by molar-refractivity contribution is 0.656. The van der Waals surface area contributed by atoms with Crippen molar-refractivity contribution in [2.24, 2.45) is 0 Å². The van der Waals surface area contributed by atoms with Crippen LogP contribution in [0.4, 0.5) is 0 Å². The molecule has 0 fully saturated rings. The van der Waals surface area contributed by atoms with Gasteiger partial charge in [-0.1, -0.05) is 44.2 Å². The smallest absolute Gasteiger partial charge is 0.106 e. The number of imidazole rings is 1. The van der Waals surface area contributed by atoms with Crippen molar-refractivity contribution in [2.75, 3.05) is 0 Å². The zero-order valence-electron chi connectivity index (χ0n) is 12.2. The minimum atomic E-state index is 1.02. The van der Waals surface area contributed by atoms with E-state index < -0.39 is 0 Å². The molecule has 2 rings (SSSR count). The summed E-state index contributed by atoms with van der Waals surface area (Å²) in [7, 11) is 0. The topological polar surface area (TPSA) is 17.8 Å². The number of hydrogen-bond acceptors (Lipinski definition) is 1. The average Bonchev–Trinajstić information content (AvgIpc) is 2.65. The Morgan fingerprint density at radius 3 is 2.11 bits per heavy atom. The molecule has 0 spiro atoms. The monoisotopic (exact) mass is 244 g/mol. The van der Waals surface area contributed by atoms with Crippen molar-refractivity contribution >= 4 is 0 Å². The quantitative estimate of drug-likeness (QED) is 0.795. The normalized spacial score (nSPS) is 9.83. The van der Waals surface area contributed by atoms with Crippen molar-refractivity contribution in [2.45, 2.75) is 47.6 Å². The molecule has 0 N–H and O–H groups in total. The second-order valence-electron chi connectivity index (χ2n) is 4.22. The Kier molecular flexibility index (Phi) is 5.63. The van der Waals surface area contributed by atoms with Crippen LogP contribution >= 0.6 is 0 Å². The summed E-state index contributed by atoms with van der Waals surface area (Å²) >= 11 is 0. The van der Waals surface area contributed by atoms with Gasteiger partial charge in [-0.15, -0.1) is 0 Å². The van der Waals surface area contributed by atoms with Gasteiger partial charge in [-0.25, -0.2) is 4.98 Å². The molecule has 0 unspecified atom stereocenters. The predicted octanol–water partition coefficient (Wildman–Crippen LogP) is 4.08. The Hall–Kier alpha value is -1.57. The van der Waals surface area contributed by atoms with E-state index in [0.29, 0.717) is 0 Å². The minimum absolute atomic E-state index is 1.02. The fourth-order valence-electron chi connectivity index (χ4n) is 2.04. The Bertz CT molecular complexity index is 469. The molecule has 1 aromatic heterocycles. The standard InChI is InChI=1S/C14H18N2.C2H6/c1-11-12(2)16(13(3)15-11)10-9-14-7-5-4-6-8-14;1-2/h4-8H,9-10H2,1-3H3;1-2H3. The van der Waals surface area contributed by atoms with Gasteiger partial charge in [0, 0.05) is 12.2 Å². The summed E-state index contributed by atoms with van der Waals surface area (Å²) in [6, 6.07) is 10.6. The highest BCUT2D eigenvalue weighted by atomic mass is 15.1. The molecule has 18 heavy (non-hydrogen) atoms. The van der Waals surface area contributed by atoms with Crippen LogP contribution in [-0.4, -0.2) is 9.55 Å². The number of aryl methyl sites for hydroxylation is 3. The van der Waals surface area contributed by atoms with Crippen LogP contribution < -0.4 is 0 Å². The first kappa shape index (κ1) is 14.5. The molecule has 0 aliphatic rings. The molecule has 0 aliphatic carbocycles. The summed E-state index contributed by atoms with van der Waals surface area (Å²) < 4.78 is 2.29. The van der Waals surface area contributed by atoms with Crippen molar-refractivity contribution < 1.29 is 0 Å². The lowest BCUT2D eigenvalue weighted by Gasteiger charge is -2.07. The van der Waals surface area contributed by atoms with Crippen LogP contribution in [-0.2, 0) is 13.0 Å². The van der Waals surface area contributed by atoms with E-state index in [0.717, 1.165) is 24.5 Å². The van der Waals surface area contributed by atoms with Gasteiger partial charge in [0.1, 0.15) is 5.82 Å². The maximum atomic E-state index is 4.49. The number of nitrogens with zero attached hydrogens (tertiary/aromatic N) is 2. The third kappa shape index (κ3) is 3.46. The zero-order valence-corrected chi connectivity index (χ0v) is 12.2. The van der Waals surface area contributed by atoms with Gasteiger partial charge < -0.3 is 4.57 Å². The second-order valence-corrected chi connectivity index (χ2v) is 4.22. The summed E-state index contributed by atoms with van der Waals surface area (Å²) in [5.74, 6) is 1.12. The summed E-state index contributed by atoms with van der Waals surface area (Å²) in [5.41, 5.74) is 3.81. The van der Waals surface area contributed by atoms with Crippen molar-refractivity contribution in [3.63, 3.8) is 0 Å². The van der Waals surface area contributed by atoms with Gasteiger partial charge in [0.15, 0.2) is 0 Å². The minimum Gasteiger partial charge on any atom is -0.332 e. The molecule has 0 amide bonds. The van der Waals surface area contributed by atoms with E-state index in [1.54, 1.807) is 0 Å². The highest BCUT2D eigenvalue weighted by Crippen LogP contribution is 2.11. The summed E-state index contributed by atoms with van der Waals surface area (Å²) in [5, 5.41) is 0. The van der Waals surface area contributed by atoms with E-state index >= 15 is 0 Å². The van der Waals surface area contributed by atoms with E-state index in [2.05, 4.69) is 60.7 Å². The Morgan fingerprint density at radius 1 is 1.00 bits per heavy atom. The molecule has 2 nitrogen and oxygen atoms in total. The van der Waals surface area contributed by atoms with Crippen molar-refractivity contribution in [1.82, 2.24) is 9.55 Å². The van der Waals surface area contributed by atoms with E-state index in [1.165, 1.54) is 11.3 Å². The number of benzene rings is 1. The summed E-state index contributed by atoms with van der Waals surface area (Å²) in [6.45, 7) is 11.3. The fourth-order valence-corrected chi connectivity index (χ4v) is 2.04. The van der Waals surface area contributed by atoms with Gasteiger partial charge in [-0.2, -0.15) is 0 Å². The maximum absolute atomic E-state index is 4.49. The molecule has 0 radical (unpaired) electrons. The van der Waals surface area contributed by atoms with Gasteiger partial charge in [-0.3, -0.25) is 0 Å². The fraction of sp³-hybridized carbons (Fsp3) is 0.438. The van der Waals surface area contributed by atoms with E-state index in [9.17, 15) is 0 Å². The predicted molar refractivity (Wildman–Crippen MR) is 77.9 cm³/mol. The highest BCUT2D eigenvalue weighted by molar-refractivity contribution is 5.17.